The summed E-state index contributed by atoms with van der Waals surface area (Å²) in [7, 11) is -3.72. The maximum Gasteiger partial charge on any atom is 0.269 e. The number of carbonyl (C=O) groups is 1. The summed E-state index contributed by atoms with van der Waals surface area (Å²) in [5.74, 6) is -0.435. The van der Waals surface area contributed by atoms with Crippen molar-refractivity contribution in [2.45, 2.75) is 44.0 Å². The van der Waals surface area contributed by atoms with Crippen LogP contribution in [-0.2, 0) is 10.0 Å². The van der Waals surface area contributed by atoms with Gasteiger partial charge in [-0.1, -0.05) is 38.1 Å². The second kappa shape index (κ2) is 10.6. The Hall–Kier alpha value is -2.89. The van der Waals surface area contributed by atoms with Crippen LogP contribution in [0.4, 0.5) is 5.69 Å². The molecular formula is C24H30N4O3S. The Kier molecular flexibility index (Phi) is 7.89. The number of para-hydroxylation sites is 1. The largest absolute Gasteiger partial charge is 0.370 e. The van der Waals surface area contributed by atoms with Crippen molar-refractivity contribution in [3.05, 3.63) is 59.7 Å². The third-order valence-electron chi connectivity index (χ3n) is 5.74. The molecule has 170 valence electrons. The van der Waals surface area contributed by atoms with Gasteiger partial charge in [-0.2, -0.15) is 5.26 Å². The van der Waals surface area contributed by atoms with Gasteiger partial charge in [-0.15, -0.1) is 0 Å². The molecule has 0 radical (unpaired) electrons. The van der Waals surface area contributed by atoms with E-state index >= 15 is 0 Å². The molecule has 0 atom stereocenters. The van der Waals surface area contributed by atoms with Gasteiger partial charge in [0.25, 0.3) is 15.9 Å². The smallest absolute Gasteiger partial charge is 0.269 e. The summed E-state index contributed by atoms with van der Waals surface area (Å²) >= 11 is 0. The molecule has 1 saturated heterocycles. The van der Waals surface area contributed by atoms with Crippen LogP contribution in [-0.4, -0.2) is 50.9 Å². The summed E-state index contributed by atoms with van der Waals surface area (Å²) in [5.41, 5.74) is 1.94. The minimum Gasteiger partial charge on any atom is -0.370 e. The van der Waals surface area contributed by atoms with Gasteiger partial charge in [0.1, 0.15) is 11.0 Å². The third kappa shape index (κ3) is 4.79. The molecule has 0 bridgehead atoms. The van der Waals surface area contributed by atoms with E-state index in [0.717, 1.165) is 35.9 Å². The number of sulfonamides is 1. The van der Waals surface area contributed by atoms with Gasteiger partial charge in [-0.05, 0) is 50.1 Å². The molecule has 32 heavy (non-hydrogen) atoms. The van der Waals surface area contributed by atoms with Crippen molar-refractivity contribution in [3.63, 3.8) is 0 Å². The number of amides is 1. The number of anilines is 1. The monoisotopic (exact) mass is 454 g/mol. The summed E-state index contributed by atoms with van der Waals surface area (Å²) in [6.07, 6.45) is 2.47. The van der Waals surface area contributed by atoms with Crippen LogP contribution in [0.2, 0.25) is 0 Å². The van der Waals surface area contributed by atoms with Crippen LogP contribution in [0.1, 0.15) is 49.0 Å². The third-order valence-corrected chi connectivity index (χ3v) is 7.58. The number of hydrogen-bond donors (Lipinski definition) is 1. The number of piperidine rings is 1. The molecule has 1 amide bonds. The quantitative estimate of drug-likeness (QED) is 0.673. The van der Waals surface area contributed by atoms with E-state index in [1.807, 2.05) is 38.1 Å². The predicted octanol–water partition coefficient (Wildman–Crippen LogP) is 3.38. The van der Waals surface area contributed by atoms with Crippen LogP contribution < -0.4 is 10.2 Å². The molecule has 0 aromatic heterocycles. The van der Waals surface area contributed by atoms with Gasteiger partial charge in [-0.3, -0.25) is 4.79 Å². The zero-order chi connectivity index (χ0) is 23.1. The molecule has 0 spiro atoms. The number of nitrogens with zero attached hydrogens (tertiary/aromatic N) is 3. The fourth-order valence-corrected chi connectivity index (χ4v) is 5.76. The van der Waals surface area contributed by atoms with Crippen LogP contribution in [0.5, 0.6) is 0 Å². The average molecular weight is 455 g/mol. The molecule has 7 nitrogen and oxygen atoms in total. The highest BCUT2D eigenvalue weighted by molar-refractivity contribution is 7.90. The Morgan fingerprint density at radius 3 is 2.41 bits per heavy atom. The lowest BCUT2D eigenvalue weighted by molar-refractivity contribution is 0.0870. The minimum atomic E-state index is -3.72. The van der Waals surface area contributed by atoms with Crippen molar-refractivity contribution in [1.82, 2.24) is 9.62 Å². The molecule has 0 aliphatic carbocycles. The topological polar surface area (TPSA) is 93.5 Å². The first-order valence-corrected chi connectivity index (χ1v) is 12.6. The number of fused-ring (bicyclic) bond motifs is 1. The lowest BCUT2D eigenvalue weighted by atomic mass is 10.0. The molecule has 1 N–H and O–H groups in total. The standard InChI is InChI=1S/C22H24N4O3S.C2H6/c23-16-17-6-1-3-8-20(17)25-14-10-18(11-15-25)24-12-5-13-26-22(27)19-7-2-4-9-21(19)30(26,28)29;1-2/h1-4,6-9,18,24H,5,10-15H2;1-2H3. The number of rotatable bonds is 6. The molecule has 2 heterocycles. The van der Waals surface area contributed by atoms with Crippen LogP contribution >= 0.6 is 0 Å². The Balaban J connectivity index is 0.00000141. The van der Waals surface area contributed by atoms with Gasteiger partial charge in [-0.25, -0.2) is 12.7 Å². The van der Waals surface area contributed by atoms with E-state index in [0.29, 0.717) is 24.6 Å². The summed E-state index contributed by atoms with van der Waals surface area (Å²) in [6.45, 7) is 6.56. The number of hydrogen-bond acceptors (Lipinski definition) is 6. The first kappa shape index (κ1) is 23.8. The lowest BCUT2D eigenvalue weighted by Crippen LogP contribution is -2.43. The molecule has 2 aromatic carbocycles. The van der Waals surface area contributed by atoms with E-state index in [-0.39, 0.29) is 17.0 Å². The van der Waals surface area contributed by atoms with Crippen molar-refractivity contribution < 1.29 is 13.2 Å². The van der Waals surface area contributed by atoms with Gasteiger partial charge < -0.3 is 10.2 Å². The lowest BCUT2D eigenvalue weighted by Gasteiger charge is -2.34. The van der Waals surface area contributed by atoms with Crippen molar-refractivity contribution in [1.29, 1.82) is 5.26 Å². The van der Waals surface area contributed by atoms with Gasteiger partial charge in [0, 0.05) is 25.7 Å². The Morgan fingerprint density at radius 1 is 1.06 bits per heavy atom. The summed E-state index contributed by atoms with van der Waals surface area (Å²) in [6, 6.07) is 16.6. The van der Waals surface area contributed by atoms with E-state index in [1.165, 1.54) is 6.07 Å². The summed E-state index contributed by atoms with van der Waals surface area (Å²) < 4.78 is 26.1. The number of nitrogens with one attached hydrogen (secondary N) is 1. The molecule has 2 aliphatic heterocycles. The van der Waals surface area contributed by atoms with Crippen molar-refractivity contribution in [2.75, 3.05) is 31.1 Å². The number of nitriles is 1. The highest BCUT2D eigenvalue weighted by Gasteiger charge is 2.40. The zero-order valence-electron chi connectivity index (χ0n) is 18.6. The molecule has 0 saturated carbocycles. The van der Waals surface area contributed by atoms with Gasteiger partial charge >= 0.3 is 0 Å². The first-order chi connectivity index (χ1) is 15.5. The van der Waals surface area contributed by atoms with E-state index in [9.17, 15) is 18.5 Å². The molecule has 1 fully saturated rings. The number of carbonyl (C=O) groups excluding carboxylic acids is 1. The fourth-order valence-electron chi connectivity index (χ4n) is 4.15. The molecule has 8 heteroatoms. The maximum absolute atomic E-state index is 12.6. The zero-order valence-corrected chi connectivity index (χ0v) is 19.4. The van der Waals surface area contributed by atoms with Crippen LogP contribution in [0.15, 0.2) is 53.4 Å². The van der Waals surface area contributed by atoms with E-state index in [1.54, 1.807) is 18.2 Å². The van der Waals surface area contributed by atoms with Gasteiger partial charge in [0.2, 0.25) is 0 Å². The van der Waals surface area contributed by atoms with Crippen molar-refractivity contribution in [3.8, 4) is 6.07 Å². The maximum atomic E-state index is 12.6. The Morgan fingerprint density at radius 2 is 1.72 bits per heavy atom. The molecule has 2 aliphatic rings. The minimum absolute atomic E-state index is 0.105. The Bertz CT molecular complexity index is 1090. The SMILES string of the molecule is CC.N#Cc1ccccc1N1CCC(NCCCN2C(=O)c3ccccc3S2(=O)=O)CC1. The first-order valence-electron chi connectivity index (χ1n) is 11.2. The predicted molar refractivity (Wildman–Crippen MR) is 125 cm³/mol. The van der Waals surface area contributed by atoms with Crippen LogP contribution in [0.25, 0.3) is 0 Å². The fraction of sp³-hybridized carbons (Fsp3) is 0.417. The Labute approximate surface area is 190 Å². The van der Waals surface area contributed by atoms with E-state index in [2.05, 4.69) is 16.3 Å². The highest BCUT2D eigenvalue weighted by atomic mass is 32.2. The normalized spacial score (nSPS) is 17.3. The molecular weight excluding hydrogens is 424 g/mol. The van der Waals surface area contributed by atoms with Crippen molar-refractivity contribution >= 4 is 21.6 Å². The van der Waals surface area contributed by atoms with E-state index in [4.69, 9.17) is 0 Å². The molecule has 2 aromatic rings. The van der Waals surface area contributed by atoms with Crippen molar-refractivity contribution in [2.24, 2.45) is 0 Å². The highest BCUT2D eigenvalue weighted by Crippen LogP contribution is 2.30. The number of benzene rings is 2. The molecule has 4 rings (SSSR count). The van der Waals surface area contributed by atoms with Crippen LogP contribution in [0, 0.1) is 11.3 Å². The van der Waals surface area contributed by atoms with Gasteiger partial charge in [0.05, 0.1) is 16.8 Å². The summed E-state index contributed by atoms with van der Waals surface area (Å²) in [5, 5.41) is 12.8. The van der Waals surface area contributed by atoms with Gasteiger partial charge in [0.15, 0.2) is 0 Å². The van der Waals surface area contributed by atoms with Crippen LogP contribution in [0.3, 0.4) is 0 Å². The second-order valence-electron chi connectivity index (χ2n) is 7.58. The summed E-state index contributed by atoms with van der Waals surface area (Å²) in [4.78, 5) is 14.8. The average Bonchev–Trinajstić information content (AvgIpc) is 3.04. The second-order valence-corrected chi connectivity index (χ2v) is 9.41. The van der Waals surface area contributed by atoms with E-state index < -0.39 is 15.9 Å². The molecule has 0 unspecified atom stereocenters.